The molecule has 3 aromatic rings. The summed E-state index contributed by atoms with van der Waals surface area (Å²) in [7, 11) is 0. The van der Waals surface area contributed by atoms with Gasteiger partial charge in [0.15, 0.2) is 5.43 Å². The Hall–Kier alpha value is -1.32. The Labute approximate surface area is 129 Å². The quantitative estimate of drug-likeness (QED) is 0.630. The summed E-state index contributed by atoms with van der Waals surface area (Å²) in [6, 6.07) is 12.2. The highest BCUT2D eigenvalue weighted by Gasteiger charge is 2.09. The monoisotopic (exact) mass is 302 g/mol. The van der Waals surface area contributed by atoms with E-state index in [9.17, 15) is 4.79 Å². The van der Waals surface area contributed by atoms with Crippen LogP contribution in [0.5, 0.6) is 0 Å². The van der Waals surface area contributed by atoms with E-state index in [1.807, 2.05) is 24.3 Å². The van der Waals surface area contributed by atoms with Crippen LogP contribution in [0.2, 0.25) is 0 Å². The predicted octanol–water partition coefficient (Wildman–Crippen LogP) is 4.65. The summed E-state index contributed by atoms with van der Waals surface area (Å²) in [5.41, 5.74) is 2.72. The molecule has 0 fully saturated rings. The lowest BCUT2D eigenvalue weighted by atomic mass is 10.0. The van der Waals surface area contributed by atoms with Crippen LogP contribution in [0.4, 0.5) is 0 Å². The molecule has 3 heteroatoms. The molecule has 0 radical (unpaired) electrons. The Kier molecular flexibility index (Phi) is 4.51. The minimum absolute atomic E-state index is 0. The molecular weight excluding hydrogens is 284 g/mol. The zero-order valence-electron chi connectivity index (χ0n) is 11.7. The van der Waals surface area contributed by atoms with Gasteiger partial charge >= 0.3 is 0 Å². The molecule has 0 atom stereocenters. The standard InChI is InChI=1S/C17H16OS.H2S/c1-3-11-9-12(4-2)17-14(10-11)16(18)13-7-5-6-8-15(13)19-17;/h5-10H,3-4H2,1-2H3;1H2. The summed E-state index contributed by atoms with van der Waals surface area (Å²) in [5.74, 6) is 0. The number of rotatable bonds is 2. The summed E-state index contributed by atoms with van der Waals surface area (Å²) in [4.78, 5) is 12.6. The van der Waals surface area contributed by atoms with Gasteiger partial charge in [-0.25, -0.2) is 0 Å². The third-order valence-corrected chi connectivity index (χ3v) is 4.87. The predicted molar refractivity (Wildman–Crippen MR) is 94.7 cm³/mol. The lowest BCUT2D eigenvalue weighted by molar-refractivity contribution is 1.10. The van der Waals surface area contributed by atoms with Crippen LogP contribution < -0.4 is 5.43 Å². The Morgan fingerprint density at radius 2 is 1.75 bits per heavy atom. The Morgan fingerprint density at radius 3 is 2.45 bits per heavy atom. The molecule has 20 heavy (non-hydrogen) atoms. The van der Waals surface area contributed by atoms with Crippen molar-refractivity contribution >= 4 is 45.0 Å². The van der Waals surface area contributed by atoms with E-state index in [1.165, 1.54) is 11.1 Å². The molecule has 104 valence electrons. The molecule has 0 bridgehead atoms. The molecule has 1 heterocycles. The average molecular weight is 302 g/mol. The first kappa shape index (κ1) is 15.1. The first-order valence-corrected chi connectivity index (χ1v) is 7.53. The Balaban J connectivity index is 0.00000147. The lowest BCUT2D eigenvalue weighted by Gasteiger charge is -2.08. The lowest BCUT2D eigenvalue weighted by Crippen LogP contribution is -2.03. The molecule has 1 aromatic heterocycles. The number of fused-ring (bicyclic) bond motifs is 2. The molecule has 2 aromatic carbocycles. The summed E-state index contributed by atoms with van der Waals surface area (Å²) in [6.07, 6.45) is 1.94. The molecule has 0 saturated carbocycles. The van der Waals surface area contributed by atoms with Crippen LogP contribution in [0.3, 0.4) is 0 Å². The van der Waals surface area contributed by atoms with Gasteiger partial charge in [0.05, 0.1) is 0 Å². The second-order valence-corrected chi connectivity index (χ2v) is 5.82. The fraction of sp³-hybridized carbons (Fsp3) is 0.235. The number of aryl methyl sites for hydroxylation is 2. The van der Waals surface area contributed by atoms with E-state index in [-0.39, 0.29) is 18.9 Å². The smallest absolute Gasteiger partial charge is 0.195 e. The van der Waals surface area contributed by atoms with Crippen molar-refractivity contribution in [3.63, 3.8) is 0 Å². The highest BCUT2D eigenvalue weighted by atomic mass is 32.1. The third kappa shape index (κ3) is 2.36. The van der Waals surface area contributed by atoms with Gasteiger partial charge in [0.25, 0.3) is 0 Å². The Bertz CT molecular complexity index is 818. The molecule has 3 rings (SSSR count). The molecule has 0 aliphatic heterocycles. The fourth-order valence-electron chi connectivity index (χ4n) is 2.51. The van der Waals surface area contributed by atoms with Crippen molar-refractivity contribution in [2.75, 3.05) is 0 Å². The molecule has 0 N–H and O–H groups in total. The fourth-order valence-corrected chi connectivity index (χ4v) is 3.74. The van der Waals surface area contributed by atoms with Crippen molar-refractivity contribution in [1.82, 2.24) is 0 Å². The Morgan fingerprint density at radius 1 is 1.00 bits per heavy atom. The van der Waals surface area contributed by atoms with Crippen LogP contribution in [0.1, 0.15) is 25.0 Å². The maximum absolute atomic E-state index is 12.6. The molecule has 1 nitrogen and oxygen atoms in total. The normalized spacial score (nSPS) is 10.7. The van der Waals surface area contributed by atoms with Crippen molar-refractivity contribution in [2.45, 2.75) is 26.7 Å². The van der Waals surface area contributed by atoms with Gasteiger partial charge in [-0.05, 0) is 42.2 Å². The number of benzene rings is 2. The van der Waals surface area contributed by atoms with Gasteiger partial charge in [0.2, 0.25) is 0 Å². The summed E-state index contributed by atoms with van der Waals surface area (Å²) in [5, 5.41) is 1.73. The molecule has 0 aliphatic rings. The van der Waals surface area contributed by atoms with E-state index in [0.29, 0.717) is 0 Å². The topological polar surface area (TPSA) is 17.1 Å². The largest absolute Gasteiger partial charge is 0.289 e. The van der Waals surface area contributed by atoms with E-state index < -0.39 is 0 Å². The van der Waals surface area contributed by atoms with E-state index in [2.05, 4.69) is 26.0 Å². The van der Waals surface area contributed by atoms with Crippen molar-refractivity contribution < 1.29 is 0 Å². The zero-order chi connectivity index (χ0) is 13.4. The summed E-state index contributed by atoms with van der Waals surface area (Å²) >= 11 is 1.74. The van der Waals surface area contributed by atoms with Gasteiger partial charge in [-0.2, -0.15) is 13.5 Å². The molecule has 0 amide bonds. The minimum Gasteiger partial charge on any atom is -0.289 e. The average Bonchev–Trinajstić information content (AvgIpc) is 2.47. The van der Waals surface area contributed by atoms with Crippen LogP contribution >= 0.6 is 24.8 Å². The number of hydrogen-bond donors (Lipinski definition) is 0. The maximum atomic E-state index is 12.6. The van der Waals surface area contributed by atoms with E-state index >= 15 is 0 Å². The van der Waals surface area contributed by atoms with Gasteiger partial charge in [0, 0.05) is 20.2 Å². The molecule has 0 unspecified atom stereocenters. The maximum Gasteiger partial charge on any atom is 0.195 e. The second kappa shape index (κ2) is 5.98. The van der Waals surface area contributed by atoms with Gasteiger partial charge in [-0.15, -0.1) is 11.3 Å². The van der Waals surface area contributed by atoms with Crippen molar-refractivity contribution in [1.29, 1.82) is 0 Å². The first-order chi connectivity index (χ1) is 9.24. The van der Waals surface area contributed by atoms with Crippen LogP contribution in [-0.4, -0.2) is 0 Å². The van der Waals surface area contributed by atoms with Gasteiger partial charge in [0.1, 0.15) is 0 Å². The van der Waals surface area contributed by atoms with Crippen LogP contribution in [0.25, 0.3) is 20.2 Å². The zero-order valence-corrected chi connectivity index (χ0v) is 13.5. The van der Waals surface area contributed by atoms with Gasteiger partial charge < -0.3 is 0 Å². The SMILES string of the molecule is CCc1cc(CC)c2sc3ccccc3c(=O)c2c1.S. The van der Waals surface area contributed by atoms with Crippen LogP contribution in [0, 0.1) is 0 Å². The second-order valence-electron chi connectivity index (χ2n) is 4.77. The van der Waals surface area contributed by atoms with E-state index in [0.717, 1.165) is 33.0 Å². The van der Waals surface area contributed by atoms with Gasteiger partial charge in [-0.1, -0.05) is 32.0 Å². The van der Waals surface area contributed by atoms with E-state index in [4.69, 9.17) is 0 Å². The van der Waals surface area contributed by atoms with Crippen molar-refractivity contribution in [3.05, 3.63) is 57.7 Å². The van der Waals surface area contributed by atoms with Crippen molar-refractivity contribution in [2.24, 2.45) is 0 Å². The molecular formula is C17H18OS2. The summed E-state index contributed by atoms with van der Waals surface area (Å²) in [6.45, 7) is 4.29. The van der Waals surface area contributed by atoms with E-state index in [1.54, 1.807) is 11.3 Å². The van der Waals surface area contributed by atoms with Gasteiger partial charge in [-0.3, -0.25) is 4.79 Å². The van der Waals surface area contributed by atoms with Crippen molar-refractivity contribution in [3.8, 4) is 0 Å². The highest BCUT2D eigenvalue weighted by Crippen LogP contribution is 2.29. The van der Waals surface area contributed by atoms with Crippen LogP contribution in [0.15, 0.2) is 41.2 Å². The minimum atomic E-state index is 0. The number of hydrogen-bond acceptors (Lipinski definition) is 2. The molecule has 0 saturated heterocycles. The first-order valence-electron chi connectivity index (χ1n) is 6.72. The highest BCUT2D eigenvalue weighted by molar-refractivity contribution is 7.59. The molecule has 0 aliphatic carbocycles. The van der Waals surface area contributed by atoms with Crippen LogP contribution in [-0.2, 0) is 12.8 Å². The molecule has 0 spiro atoms. The summed E-state index contributed by atoms with van der Waals surface area (Å²) < 4.78 is 2.24. The third-order valence-electron chi connectivity index (χ3n) is 3.60.